The van der Waals surface area contributed by atoms with Crippen LogP contribution >= 0.6 is 0 Å². The van der Waals surface area contributed by atoms with Gasteiger partial charge in [-0.2, -0.15) is 0 Å². The summed E-state index contributed by atoms with van der Waals surface area (Å²) in [4.78, 5) is 30.3. The summed E-state index contributed by atoms with van der Waals surface area (Å²) in [6, 6.07) is 15.8. The Balaban J connectivity index is 1.54. The molecular weight excluding hydrogens is 449 g/mol. The number of aromatic nitrogens is 1. The van der Waals surface area contributed by atoms with Gasteiger partial charge in [-0.15, -0.1) is 0 Å². The maximum Gasteiger partial charge on any atom is 0.326 e. The first-order valence-electron chi connectivity index (χ1n) is 11.7. The number of unbranched alkanes of at least 4 members (excludes halogenated alkanes) is 1. The average Bonchev–Trinajstić information content (AvgIpc) is 2.86. The number of fused-ring (bicyclic) bond motifs is 1. The molecule has 1 aromatic heterocycles. The lowest BCUT2D eigenvalue weighted by molar-refractivity contribution is -0.143. The van der Waals surface area contributed by atoms with Crippen molar-refractivity contribution in [2.45, 2.75) is 45.8 Å². The first kappa shape index (κ1) is 24.2. The first-order valence-corrected chi connectivity index (χ1v) is 11.7. The summed E-state index contributed by atoms with van der Waals surface area (Å²) in [7, 11) is 0. The third-order valence-electron chi connectivity index (χ3n) is 5.77. The van der Waals surface area contributed by atoms with Gasteiger partial charge >= 0.3 is 12.0 Å². The molecule has 0 bridgehead atoms. The Bertz CT molecular complexity index is 1200. The number of ether oxygens (including phenoxy) is 2. The van der Waals surface area contributed by atoms with E-state index in [1.165, 1.54) is 18.3 Å². The minimum atomic E-state index is -0.432. The van der Waals surface area contributed by atoms with Gasteiger partial charge in [-0.3, -0.25) is 14.7 Å². The number of nitrogens with zero attached hydrogens (tertiary/aromatic N) is 2. The van der Waals surface area contributed by atoms with Crippen LogP contribution in [-0.4, -0.2) is 23.6 Å². The van der Waals surface area contributed by atoms with Crippen LogP contribution < -0.4 is 15.0 Å². The molecule has 0 radical (unpaired) electrons. The molecule has 1 aliphatic rings. The number of halogens is 1. The van der Waals surface area contributed by atoms with Crippen LogP contribution in [-0.2, 0) is 29.1 Å². The minimum Gasteiger partial charge on any atom is -0.487 e. The van der Waals surface area contributed by atoms with E-state index in [9.17, 15) is 14.0 Å². The highest BCUT2D eigenvalue weighted by molar-refractivity contribution is 6.04. The zero-order valence-corrected chi connectivity index (χ0v) is 19.6. The van der Waals surface area contributed by atoms with E-state index in [0.29, 0.717) is 43.9 Å². The van der Waals surface area contributed by atoms with Crippen LogP contribution in [0.5, 0.6) is 5.75 Å². The van der Waals surface area contributed by atoms with Gasteiger partial charge in [0.2, 0.25) is 0 Å². The molecule has 1 aliphatic heterocycles. The lowest BCUT2D eigenvalue weighted by Crippen LogP contribution is -2.39. The van der Waals surface area contributed by atoms with E-state index in [0.717, 1.165) is 23.2 Å². The fourth-order valence-electron chi connectivity index (χ4n) is 3.99. The molecule has 7 nitrogen and oxygen atoms in total. The molecule has 8 heteroatoms. The van der Waals surface area contributed by atoms with Gasteiger partial charge in [0.05, 0.1) is 18.8 Å². The maximum atomic E-state index is 14.0. The zero-order valence-electron chi connectivity index (χ0n) is 19.6. The lowest BCUT2D eigenvalue weighted by Gasteiger charge is -2.31. The number of nitrogens with one attached hydrogen (secondary N) is 1. The second kappa shape index (κ2) is 11.5. The predicted octanol–water partition coefficient (Wildman–Crippen LogP) is 5.63. The van der Waals surface area contributed by atoms with Crippen LogP contribution in [0.2, 0.25) is 0 Å². The third-order valence-corrected chi connectivity index (χ3v) is 5.77. The fourth-order valence-corrected chi connectivity index (χ4v) is 3.99. The zero-order chi connectivity index (χ0) is 24.6. The number of esters is 1. The van der Waals surface area contributed by atoms with E-state index in [-0.39, 0.29) is 24.3 Å². The number of hydrogen-bond acceptors (Lipinski definition) is 5. The number of aryl methyl sites for hydroxylation is 1. The monoisotopic (exact) mass is 477 g/mol. The van der Waals surface area contributed by atoms with Crippen molar-refractivity contribution in [1.82, 2.24) is 4.98 Å². The van der Waals surface area contributed by atoms with Gasteiger partial charge in [-0.25, -0.2) is 9.18 Å². The van der Waals surface area contributed by atoms with Crippen molar-refractivity contribution in [1.29, 1.82) is 0 Å². The van der Waals surface area contributed by atoms with E-state index in [1.807, 2.05) is 30.3 Å². The third kappa shape index (κ3) is 6.15. The summed E-state index contributed by atoms with van der Waals surface area (Å²) in [6.07, 6.45) is 4.00. The molecule has 0 saturated carbocycles. The smallest absolute Gasteiger partial charge is 0.326 e. The van der Waals surface area contributed by atoms with Crippen molar-refractivity contribution in [3.63, 3.8) is 0 Å². The molecule has 0 aliphatic carbocycles. The molecule has 0 fully saturated rings. The quantitative estimate of drug-likeness (QED) is 0.302. The van der Waals surface area contributed by atoms with Gasteiger partial charge in [0, 0.05) is 24.4 Å². The molecule has 35 heavy (non-hydrogen) atoms. The molecule has 0 spiro atoms. The maximum absolute atomic E-state index is 14.0. The molecule has 0 unspecified atom stereocenters. The Morgan fingerprint density at radius 1 is 1.14 bits per heavy atom. The molecule has 0 atom stereocenters. The molecule has 0 saturated heterocycles. The summed E-state index contributed by atoms with van der Waals surface area (Å²) in [5.41, 5.74) is 3.68. The summed E-state index contributed by atoms with van der Waals surface area (Å²) >= 11 is 0. The minimum absolute atomic E-state index is 0.0277. The Hall–Kier alpha value is -3.94. The number of rotatable bonds is 10. The van der Waals surface area contributed by atoms with Crippen molar-refractivity contribution in [3.05, 3.63) is 83.4 Å². The van der Waals surface area contributed by atoms with Crippen molar-refractivity contribution < 1.29 is 23.5 Å². The van der Waals surface area contributed by atoms with Gasteiger partial charge in [0.25, 0.3) is 0 Å². The topological polar surface area (TPSA) is 80.8 Å². The van der Waals surface area contributed by atoms with E-state index in [1.54, 1.807) is 24.0 Å². The van der Waals surface area contributed by atoms with Crippen LogP contribution in [0.4, 0.5) is 20.6 Å². The van der Waals surface area contributed by atoms with Crippen molar-refractivity contribution in [2.24, 2.45) is 0 Å². The van der Waals surface area contributed by atoms with Gasteiger partial charge in [-0.05, 0) is 61.6 Å². The van der Waals surface area contributed by atoms with E-state index in [4.69, 9.17) is 9.47 Å². The highest BCUT2D eigenvalue weighted by atomic mass is 19.1. The number of anilines is 2. The number of para-hydroxylation sites is 1. The number of urea groups is 1. The first-order chi connectivity index (χ1) is 17.0. The molecule has 2 aromatic carbocycles. The lowest BCUT2D eigenvalue weighted by atomic mass is 10.0. The fraction of sp³-hybridized carbons (Fsp3) is 0.296. The Labute approximate surface area is 203 Å². The summed E-state index contributed by atoms with van der Waals surface area (Å²) in [6.45, 7) is 2.55. The second-order valence-corrected chi connectivity index (χ2v) is 8.20. The van der Waals surface area contributed by atoms with Gasteiger partial charge < -0.3 is 14.8 Å². The highest BCUT2D eigenvalue weighted by Gasteiger charge is 2.26. The number of benzene rings is 2. The molecule has 1 N–H and O–H groups in total. The van der Waals surface area contributed by atoms with Gasteiger partial charge in [-0.1, -0.05) is 24.3 Å². The molecule has 2 heterocycles. The van der Waals surface area contributed by atoms with Crippen molar-refractivity contribution in [2.75, 3.05) is 16.8 Å². The van der Waals surface area contributed by atoms with E-state index < -0.39 is 5.82 Å². The molecule has 2 amide bonds. The number of carbonyl (C=O) groups is 2. The van der Waals surface area contributed by atoms with E-state index in [2.05, 4.69) is 10.3 Å². The van der Waals surface area contributed by atoms with Crippen LogP contribution in [0.1, 0.15) is 43.0 Å². The number of carbonyl (C=O) groups excluding carboxylic acids is 2. The second-order valence-electron chi connectivity index (χ2n) is 8.20. The van der Waals surface area contributed by atoms with Crippen LogP contribution in [0.15, 0.2) is 60.8 Å². The molecular formula is C27H28FN3O4. The number of hydrogen-bond donors (Lipinski definition) is 1. The summed E-state index contributed by atoms with van der Waals surface area (Å²) in [5.74, 6) is -0.129. The average molecular weight is 478 g/mol. The summed E-state index contributed by atoms with van der Waals surface area (Å²) in [5, 5.41) is 2.94. The highest BCUT2D eigenvalue weighted by Crippen LogP contribution is 2.33. The number of amides is 2. The Morgan fingerprint density at radius 2 is 2.00 bits per heavy atom. The van der Waals surface area contributed by atoms with Crippen LogP contribution in [0.25, 0.3) is 0 Å². The Kier molecular flexibility index (Phi) is 7.92. The van der Waals surface area contributed by atoms with Gasteiger partial charge in [0.1, 0.15) is 23.9 Å². The normalized spacial score (nSPS) is 12.6. The van der Waals surface area contributed by atoms with Gasteiger partial charge in [0.15, 0.2) is 0 Å². The predicted molar refractivity (Wildman–Crippen MR) is 131 cm³/mol. The van der Waals surface area contributed by atoms with Crippen LogP contribution in [0.3, 0.4) is 0 Å². The Morgan fingerprint density at radius 3 is 2.83 bits per heavy atom. The van der Waals surface area contributed by atoms with Crippen molar-refractivity contribution >= 4 is 23.4 Å². The van der Waals surface area contributed by atoms with Crippen LogP contribution in [0, 0.1) is 5.82 Å². The molecule has 3 aromatic rings. The SMILES string of the molecule is CCOC(=O)CCCCc1ccc(OCc2ncccc2F)cc1N1Cc2ccccc2NC1=O. The molecule has 4 rings (SSSR count). The molecule has 182 valence electrons. The van der Waals surface area contributed by atoms with E-state index >= 15 is 0 Å². The standard InChI is InChI=1S/C27H28FN3O4/c1-2-34-26(32)12-6-4-8-19-13-14-21(35-18-24-22(28)10-7-15-29-24)16-25(19)31-17-20-9-3-5-11-23(20)30-27(31)33/h3,5,7,9-11,13-16H,2,4,6,8,12,17-18H2,1H3,(H,30,33). The number of pyridine rings is 1. The largest absolute Gasteiger partial charge is 0.487 e. The van der Waals surface area contributed by atoms with Crippen molar-refractivity contribution in [3.8, 4) is 5.75 Å². The summed E-state index contributed by atoms with van der Waals surface area (Å²) < 4.78 is 24.8.